The third-order valence-corrected chi connectivity index (χ3v) is 5.31. The first-order chi connectivity index (χ1) is 9.79. The van der Waals surface area contributed by atoms with Crippen molar-refractivity contribution in [1.82, 2.24) is 0 Å². The van der Waals surface area contributed by atoms with Gasteiger partial charge in [-0.1, -0.05) is 12.2 Å². The van der Waals surface area contributed by atoms with Gasteiger partial charge in [0.1, 0.15) is 11.3 Å². The highest BCUT2D eigenvalue weighted by Gasteiger charge is 2.55. The SMILES string of the molecule is COc1c2c(cc3occc13)[C@@H]1[C@H](C2=O)[C@@H]2C=C[C@H]1C2. The summed E-state index contributed by atoms with van der Waals surface area (Å²) >= 11 is 0. The Morgan fingerprint density at radius 1 is 1.25 bits per heavy atom. The van der Waals surface area contributed by atoms with E-state index in [4.69, 9.17) is 9.15 Å². The first-order valence-corrected chi connectivity index (χ1v) is 7.10. The number of carbonyl (C=O) groups is 1. The number of benzene rings is 1. The number of hydrogen-bond acceptors (Lipinski definition) is 3. The summed E-state index contributed by atoms with van der Waals surface area (Å²) in [5.74, 6) is 2.34. The average Bonchev–Trinajstić information content (AvgIpc) is 3.19. The molecule has 2 bridgehead atoms. The Labute approximate surface area is 116 Å². The van der Waals surface area contributed by atoms with E-state index in [2.05, 4.69) is 18.2 Å². The second kappa shape index (κ2) is 3.35. The molecule has 1 heterocycles. The molecule has 0 N–H and O–H groups in total. The average molecular weight is 266 g/mol. The van der Waals surface area contributed by atoms with Crippen molar-refractivity contribution >= 4 is 16.8 Å². The van der Waals surface area contributed by atoms with Gasteiger partial charge in [0.05, 0.1) is 24.3 Å². The number of ketones is 1. The number of allylic oxidation sites excluding steroid dienone is 2. The van der Waals surface area contributed by atoms with E-state index in [9.17, 15) is 4.79 Å². The molecular formula is C17H14O3. The van der Waals surface area contributed by atoms with Crippen LogP contribution in [0, 0.1) is 17.8 Å². The summed E-state index contributed by atoms with van der Waals surface area (Å²) in [7, 11) is 1.64. The topological polar surface area (TPSA) is 39.4 Å². The summed E-state index contributed by atoms with van der Waals surface area (Å²) in [6.45, 7) is 0. The summed E-state index contributed by atoms with van der Waals surface area (Å²) < 4.78 is 11.1. The molecule has 3 nitrogen and oxygen atoms in total. The van der Waals surface area contributed by atoms with E-state index < -0.39 is 0 Å². The monoisotopic (exact) mass is 266 g/mol. The smallest absolute Gasteiger partial charge is 0.171 e. The third kappa shape index (κ3) is 1.03. The lowest BCUT2D eigenvalue weighted by Gasteiger charge is -2.19. The van der Waals surface area contributed by atoms with Gasteiger partial charge in [-0.25, -0.2) is 0 Å². The molecule has 0 spiro atoms. The standard InChI is InChI=1S/C17H14O3/c1-19-17-10-4-5-20-12(10)7-11-13-8-2-3-9(6-8)14(13)16(18)15(11)17/h2-5,7-9,13-14H,6H2,1H3/t8-,9+,13+,14+/m0/s1. The van der Waals surface area contributed by atoms with Gasteiger partial charge < -0.3 is 9.15 Å². The van der Waals surface area contributed by atoms with Crippen molar-refractivity contribution in [2.24, 2.45) is 17.8 Å². The van der Waals surface area contributed by atoms with Crippen LogP contribution in [-0.4, -0.2) is 12.9 Å². The van der Waals surface area contributed by atoms with E-state index in [1.165, 1.54) is 0 Å². The van der Waals surface area contributed by atoms with E-state index in [0.717, 1.165) is 28.5 Å². The molecule has 0 radical (unpaired) electrons. The van der Waals surface area contributed by atoms with Crippen molar-refractivity contribution in [3.8, 4) is 5.75 Å². The number of ether oxygens (including phenoxy) is 1. The molecule has 1 aromatic heterocycles. The van der Waals surface area contributed by atoms with Crippen LogP contribution in [0.1, 0.15) is 28.3 Å². The van der Waals surface area contributed by atoms with Crippen LogP contribution in [0.15, 0.2) is 35.0 Å². The lowest BCUT2D eigenvalue weighted by atomic mass is 9.83. The fraction of sp³-hybridized carbons (Fsp3) is 0.353. The van der Waals surface area contributed by atoms with E-state index >= 15 is 0 Å². The largest absolute Gasteiger partial charge is 0.495 e. The minimum absolute atomic E-state index is 0.125. The Balaban J connectivity index is 1.85. The third-order valence-electron chi connectivity index (χ3n) is 5.31. The minimum Gasteiger partial charge on any atom is -0.495 e. The molecule has 5 rings (SSSR count). The van der Waals surface area contributed by atoms with E-state index in [0.29, 0.717) is 23.5 Å². The van der Waals surface area contributed by atoms with Gasteiger partial charge >= 0.3 is 0 Å². The number of furan rings is 1. The number of hydrogen-bond donors (Lipinski definition) is 0. The highest BCUT2D eigenvalue weighted by atomic mass is 16.5. The molecular weight excluding hydrogens is 252 g/mol. The summed E-state index contributed by atoms with van der Waals surface area (Å²) in [5.41, 5.74) is 2.76. The molecule has 4 atom stereocenters. The van der Waals surface area contributed by atoms with Gasteiger partial charge in [-0.05, 0) is 36.0 Å². The zero-order valence-electron chi connectivity index (χ0n) is 11.1. The minimum atomic E-state index is 0.125. The van der Waals surface area contributed by atoms with Crippen LogP contribution in [0.5, 0.6) is 5.75 Å². The molecule has 100 valence electrons. The molecule has 1 fully saturated rings. The fourth-order valence-electron chi connectivity index (χ4n) is 4.60. The maximum atomic E-state index is 12.9. The molecule has 0 amide bonds. The normalized spacial score (nSPS) is 33.0. The zero-order valence-corrected chi connectivity index (χ0v) is 11.1. The highest BCUT2D eigenvalue weighted by molar-refractivity contribution is 6.10. The lowest BCUT2D eigenvalue weighted by Crippen LogP contribution is -2.18. The van der Waals surface area contributed by atoms with E-state index in [1.807, 2.05) is 6.07 Å². The van der Waals surface area contributed by atoms with Crippen LogP contribution in [0.25, 0.3) is 11.0 Å². The number of methoxy groups -OCH3 is 1. The number of carbonyl (C=O) groups excluding carboxylic acids is 1. The van der Waals surface area contributed by atoms with Gasteiger partial charge in [-0.3, -0.25) is 4.79 Å². The molecule has 0 unspecified atom stereocenters. The van der Waals surface area contributed by atoms with Crippen LogP contribution >= 0.6 is 0 Å². The summed E-state index contributed by atoms with van der Waals surface area (Å²) in [6, 6.07) is 3.94. The summed E-state index contributed by atoms with van der Waals surface area (Å²) in [5, 5.41) is 0.903. The van der Waals surface area contributed by atoms with Crippen LogP contribution in [0.4, 0.5) is 0 Å². The van der Waals surface area contributed by atoms with Crippen molar-refractivity contribution in [3.63, 3.8) is 0 Å². The Kier molecular flexibility index (Phi) is 1.79. The van der Waals surface area contributed by atoms with Crippen LogP contribution < -0.4 is 4.74 Å². The Hall–Kier alpha value is -2.03. The van der Waals surface area contributed by atoms with Crippen molar-refractivity contribution in [3.05, 3.63) is 41.7 Å². The molecule has 1 aromatic carbocycles. The van der Waals surface area contributed by atoms with Gasteiger partial charge in [0.15, 0.2) is 5.78 Å². The van der Waals surface area contributed by atoms with E-state index in [-0.39, 0.29) is 11.7 Å². The second-order valence-electron chi connectivity index (χ2n) is 6.07. The Bertz CT molecular complexity index is 783. The molecule has 20 heavy (non-hydrogen) atoms. The summed E-state index contributed by atoms with van der Waals surface area (Å²) in [6.07, 6.45) is 7.29. The number of Topliss-reactive ketones (excluding diaryl/α,β-unsaturated/α-hetero) is 1. The number of rotatable bonds is 1. The Morgan fingerprint density at radius 3 is 2.85 bits per heavy atom. The van der Waals surface area contributed by atoms with E-state index in [1.54, 1.807) is 13.4 Å². The van der Waals surface area contributed by atoms with Gasteiger partial charge in [0, 0.05) is 11.8 Å². The molecule has 1 saturated carbocycles. The van der Waals surface area contributed by atoms with Crippen LogP contribution in [0.2, 0.25) is 0 Å². The van der Waals surface area contributed by atoms with Crippen molar-refractivity contribution in [1.29, 1.82) is 0 Å². The van der Waals surface area contributed by atoms with Crippen molar-refractivity contribution < 1.29 is 13.9 Å². The van der Waals surface area contributed by atoms with Crippen molar-refractivity contribution in [2.75, 3.05) is 7.11 Å². The van der Waals surface area contributed by atoms with Crippen molar-refractivity contribution in [2.45, 2.75) is 12.3 Å². The molecule has 3 aliphatic rings. The molecule has 2 aromatic rings. The predicted molar refractivity (Wildman–Crippen MR) is 74.1 cm³/mol. The maximum Gasteiger partial charge on any atom is 0.171 e. The van der Waals surface area contributed by atoms with Gasteiger partial charge in [0.2, 0.25) is 0 Å². The van der Waals surface area contributed by atoms with Gasteiger partial charge in [-0.2, -0.15) is 0 Å². The van der Waals surface area contributed by atoms with Gasteiger partial charge in [0.25, 0.3) is 0 Å². The molecule has 3 heteroatoms. The highest BCUT2D eigenvalue weighted by Crippen LogP contribution is 2.60. The zero-order chi connectivity index (χ0) is 13.4. The van der Waals surface area contributed by atoms with Crippen LogP contribution in [0.3, 0.4) is 0 Å². The fourth-order valence-corrected chi connectivity index (χ4v) is 4.60. The first-order valence-electron chi connectivity index (χ1n) is 7.10. The molecule has 3 aliphatic carbocycles. The lowest BCUT2D eigenvalue weighted by molar-refractivity contribution is 0.0909. The molecule has 0 saturated heterocycles. The van der Waals surface area contributed by atoms with Gasteiger partial charge in [-0.15, -0.1) is 0 Å². The predicted octanol–water partition coefficient (Wildman–Crippen LogP) is 3.54. The van der Waals surface area contributed by atoms with Crippen LogP contribution in [-0.2, 0) is 0 Å². The molecule has 0 aliphatic heterocycles. The number of fused-ring (bicyclic) bond motifs is 8. The maximum absolute atomic E-state index is 12.9. The quantitative estimate of drug-likeness (QED) is 0.741. The summed E-state index contributed by atoms with van der Waals surface area (Å²) in [4.78, 5) is 12.9. The second-order valence-corrected chi connectivity index (χ2v) is 6.07. The first kappa shape index (κ1) is 10.7. The Morgan fingerprint density at radius 2 is 2.05 bits per heavy atom.